The summed E-state index contributed by atoms with van der Waals surface area (Å²) in [5.41, 5.74) is 1.11. The van der Waals surface area contributed by atoms with Crippen LogP contribution in [0, 0.1) is 0 Å². The van der Waals surface area contributed by atoms with Gasteiger partial charge >= 0.3 is 0 Å². The SMILES string of the molecule is CCN1CCCC1CNC(=O)C(=O)c1cn(CC(=O)N2CCOCC2)c2ccccc12. The van der Waals surface area contributed by atoms with Gasteiger partial charge in [-0.05, 0) is 32.0 Å². The standard InChI is InChI=1S/C23H30N4O4/c1-2-25-9-5-6-17(25)14-24-23(30)22(29)19-15-27(20-8-4-3-7-18(19)20)16-21(28)26-10-12-31-13-11-26/h3-4,7-8,15,17H,2,5-6,9-14,16H2,1H3,(H,24,30). The van der Waals surface area contributed by atoms with Crippen molar-refractivity contribution < 1.29 is 19.1 Å². The number of amides is 2. The van der Waals surface area contributed by atoms with Crippen molar-refractivity contribution in [2.24, 2.45) is 0 Å². The maximum atomic E-state index is 13.0. The van der Waals surface area contributed by atoms with Gasteiger partial charge in [0.1, 0.15) is 6.54 Å². The first-order valence-corrected chi connectivity index (χ1v) is 11.1. The van der Waals surface area contributed by atoms with E-state index < -0.39 is 11.7 Å². The van der Waals surface area contributed by atoms with Gasteiger partial charge in [-0.1, -0.05) is 25.1 Å². The fourth-order valence-corrected chi connectivity index (χ4v) is 4.57. The molecule has 1 atom stereocenters. The number of ether oxygens (including phenoxy) is 1. The number of hydrogen-bond acceptors (Lipinski definition) is 5. The molecule has 8 heteroatoms. The first-order valence-electron chi connectivity index (χ1n) is 11.1. The van der Waals surface area contributed by atoms with Crippen LogP contribution < -0.4 is 5.32 Å². The molecule has 0 radical (unpaired) electrons. The summed E-state index contributed by atoms with van der Waals surface area (Å²) in [4.78, 5) is 42.4. The number of fused-ring (bicyclic) bond motifs is 1. The number of likely N-dealkylation sites (N-methyl/N-ethyl adjacent to an activating group) is 1. The number of morpholine rings is 1. The normalized spacial score (nSPS) is 19.6. The van der Waals surface area contributed by atoms with Crippen LogP contribution in [0.2, 0.25) is 0 Å². The predicted octanol–water partition coefficient (Wildman–Crippen LogP) is 1.28. The maximum absolute atomic E-state index is 13.0. The first-order chi connectivity index (χ1) is 15.1. The van der Waals surface area contributed by atoms with Crippen LogP contribution in [0.15, 0.2) is 30.5 Å². The molecule has 0 saturated carbocycles. The van der Waals surface area contributed by atoms with Crippen molar-refractivity contribution in [1.82, 2.24) is 19.7 Å². The molecule has 1 aromatic carbocycles. The number of nitrogens with zero attached hydrogens (tertiary/aromatic N) is 3. The molecule has 2 aromatic rings. The third-order valence-corrected chi connectivity index (χ3v) is 6.31. The van der Waals surface area contributed by atoms with E-state index in [1.807, 2.05) is 24.3 Å². The Bertz CT molecular complexity index is 964. The molecule has 2 aliphatic heterocycles. The van der Waals surface area contributed by atoms with Crippen molar-refractivity contribution in [3.05, 3.63) is 36.0 Å². The smallest absolute Gasteiger partial charge is 0.292 e. The number of nitrogens with one attached hydrogen (secondary N) is 1. The van der Waals surface area contributed by atoms with Gasteiger partial charge in [0.2, 0.25) is 5.91 Å². The van der Waals surface area contributed by atoms with Gasteiger partial charge in [-0.25, -0.2) is 0 Å². The van der Waals surface area contributed by atoms with Gasteiger partial charge in [0.25, 0.3) is 11.7 Å². The summed E-state index contributed by atoms with van der Waals surface area (Å²) in [6.07, 6.45) is 3.79. The number of hydrogen-bond donors (Lipinski definition) is 1. The number of ketones is 1. The summed E-state index contributed by atoms with van der Waals surface area (Å²) in [6.45, 7) is 6.92. The van der Waals surface area contributed by atoms with E-state index in [0.717, 1.165) is 31.4 Å². The highest BCUT2D eigenvalue weighted by molar-refractivity contribution is 6.45. The van der Waals surface area contributed by atoms with Gasteiger partial charge in [0.15, 0.2) is 0 Å². The van der Waals surface area contributed by atoms with Crippen molar-refractivity contribution in [1.29, 1.82) is 0 Å². The quantitative estimate of drug-likeness (QED) is 0.533. The summed E-state index contributed by atoms with van der Waals surface area (Å²) in [6, 6.07) is 7.68. The van der Waals surface area contributed by atoms with Gasteiger partial charge < -0.3 is 19.5 Å². The molecule has 31 heavy (non-hydrogen) atoms. The lowest BCUT2D eigenvalue weighted by Gasteiger charge is -2.27. The van der Waals surface area contributed by atoms with Crippen LogP contribution in [0.1, 0.15) is 30.1 Å². The van der Waals surface area contributed by atoms with E-state index in [0.29, 0.717) is 43.8 Å². The zero-order chi connectivity index (χ0) is 21.8. The topological polar surface area (TPSA) is 83.9 Å². The van der Waals surface area contributed by atoms with Crippen molar-refractivity contribution >= 4 is 28.5 Å². The Morgan fingerprint density at radius 3 is 2.68 bits per heavy atom. The number of Topliss-reactive ketones (excluding diaryl/α,β-unsaturated/α-hetero) is 1. The predicted molar refractivity (Wildman–Crippen MR) is 117 cm³/mol. The summed E-state index contributed by atoms with van der Waals surface area (Å²) >= 11 is 0. The minimum atomic E-state index is -0.592. The molecule has 0 spiro atoms. The van der Waals surface area contributed by atoms with E-state index in [9.17, 15) is 14.4 Å². The summed E-state index contributed by atoms with van der Waals surface area (Å²) in [5, 5.41) is 3.51. The number of likely N-dealkylation sites (tertiary alicyclic amines) is 1. The molecule has 166 valence electrons. The average molecular weight is 427 g/mol. The van der Waals surface area contributed by atoms with Crippen LogP contribution in [0.4, 0.5) is 0 Å². The minimum Gasteiger partial charge on any atom is -0.378 e. The molecule has 2 amide bonds. The van der Waals surface area contributed by atoms with E-state index in [2.05, 4.69) is 17.1 Å². The number of benzene rings is 1. The Labute approximate surface area is 182 Å². The number of carbonyl (C=O) groups is 3. The molecule has 2 saturated heterocycles. The molecular formula is C23H30N4O4. The fraction of sp³-hybridized carbons (Fsp3) is 0.522. The van der Waals surface area contributed by atoms with E-state index in [1.54, 1.807) is 15.7 Å². The molecule has 2 fully saturated rings. The molecule has 3 heterocycles. The van der Waals surface area contributed by atoms with Crippen molar-refractivity contribution in [3.8, 4) is 0 Å². The van der Waals surface area contributed by atoms with E-state index in [1.165, 1.54) is 0 Å². The Kier molecular flexibility index (Phi) is 6.67. The lowest BCUT2D eigenvalue weighted by molar-refractivity contribution is -0.135. The molecule has 8 nitrogen and oxygen atoms in total. The van der Waals surface area contributed by atoms with Gasteiger partial charge in [0.05, 0.1) is 18.8 Å². The van der Waals surface area contributed by atoms with E-state index in [-0.39, 0.29) is 18.5 Å². The highest BCUT2D eigenvalue weighted by atomic mass is 16.5. The van der Waals surface area contributed by atoms with E-state index in [4.69, 9.17) is 4.74 Å². The lowest BCUT2D eigenvalue weighted by atomic mass is 10.1. The highest BCUT2D eigenvalue weighted by Gasteiger charge is 2.27. The molecule has 1 unspecified atom stereocenters. The van der Waals surface area contributed by atoms with Crippen LogP contribution in [0.3, 0.4) is 0 Å². The largest absolute Gasteiger partial charge is 0.378 e. The molecule has 0 bridgehead atoms. The second-order valence-electron chi connectivity index (χ2n) is 8.14. The Morgan fingerprint density at radius 1 is 1.13 bits per heavy atom. The number of para-hydroxylation sites is 1. The zero-order valence-electron chi connectivity index (χ0n) is 18.0. The number of aromatic nitrogens is 1. The van der Waals surface area contributed by atoms with Gasteiger partial charge in [-0.2, -0.15) is 0 Å². The summed E-state index contributed by atoms with van der Waals surface area (Å²) in [7, 11) is 0. The third kappa shape index (κ3) is 4.65. The first kappa shape index (κ1) is 21.5. The third-order valence-electron chi connectivity index (χ3n) is 6.31. The molecule has 0 aliphatic carbocycles. The monoisotopic (exact) mass is 426 g/mol. The van der Waals surface area contributed by atoms with Crippen LogP contribution in [0.25, 0.3) is 10.9 Å². The number of carbonyl (C=O) groups excluding carboxylic acids is 3. The zero-order valence-corrected chi connectivity index (χ0v) is 18.0. The van der Waals surface area contributed by atoms with Crippen molar-refractivity contribution in [2.45, 2.75) is 32.4 Å². The average Bonchev–Trinajstić information content (AvgIpc) is 3.42. The van der Waals surface area contributed by atoms with Gasteiger partial charge in [-0.3, -0.25) is 19.3 Å². The highest BCUT2D eigenvalue weighted by Crippen LogP contribution is 2.22. The van der Waals surface area contributed by atoms with Crippen LogP contribution in [0.5, 0.6) is 0 Å². The van der Waals surface area contributed by atoms with E-state index >= 15 is 0 Å². The summed E-state index contributed by atoms with van der Waals surface area (Å²) < 4.78 is 7.08. The number of rotatable bonds is 7. The Balaban J connectivity index is 1.48. The van der Waals surface area contributed by atoms with Crippen LogP contribution in [-0.4, -0.2) is 83.9 Å². The molecule has 2 aliphatic rings. The van der Waals surface area contributed by atoms with Crippen molar-refractivity contribution in [2.75, 3.05) is 45.9 Å². The van der Waals surface area contributed by atoms with Gasteiger partial charge in [0, 0.05) is 42.8 Å². The van der Waals surface area contributed by atoms with Crippen molar-refractivity contribution in [3.63, 3.8) is 0 Å². The summed E-state index contributed by atoms with van der Waals surface area (Å²) in [5.74, 6) is -1.17. The fourth-order valence-electron chi connectivity index (χ4n) is 4.57. The lowest BCUT2D eigenvalue weighted by Crippen LogP contribution is -2.42. The van der Waals surface area contributed by atoms with Crippen LogP contribution in [-0.2, 0) is 20.9 Å². The van der Waals surface area contributed by atoms with Gasteiger partial charge in [-0.15, -0.1) is 0 Å². The molecule has 1 N–H and O–H groups in total. The minimum absolute atomic E-state index is 0.0200. The second-order valence-corrected chi connectivity index (χ2v) is 8.14. The Hall–Kier alpha value is -2.71. The van der Waals surface area contributed by atoms with Crippen LogP contribution >= 0.6 is 0 Å². The molecule has 1 aromatic heterocycles. The Morgan fingerprint density at radius 2 is 1.90 bits per heavy atom. The molecule has 4 rings (SSSR count). The maximum Gasteiger partial charge on any atom is 0.292 e. The second kappa shape index (κ2) is 9.62. The molecular weight excluding hydrogens is 396 g/mol.